The third-order valence-corrected chi connectivity index (χ3v) is 2.98. The number of hydrogen-bond donors (Lipinski definition) is 1. The van der Waals surface area contributed by atoms with E-state index in [1.54, 1.807) is 12.1 Å². The summed E-state index contributed by atoms with van der Waals surface area (Å²) in [6.07, 6.45) is 0. The quantitative estimate of drug-likeness (QED) is 0.874. The highest BCUT2D eigenvalue weighted by atomic mass is 35.5. The van der Waals surface area contributed by atoms with E-state index in [4.69, 9.17) is 16.7 Å². The first-order valence-corrected chi connectivity index (χ1v) is 6.22. The zero-order chi connectivity index (χ0) is 13.8. The SMILES string of the molecule is O=C(O)CN(C(=O)CCl)c1ccc2ccccc2c1. The molecule has 2 rings (SSSR count). The van der Waals surface area contributed by atoms with Crippen molar-refractivity contribution in [1.29, 1.82) is 0 Å². The fraction of sp³-hybridized carbons (Fsp3) is 0.143. The van der Waals surface area contributed by atoms with E-state index in [2.05, 4.69) is 0 Å². The van der Waals surface area contributed by atoms with Gasteiger partial charge in [0.25, 0.3) is 0 Å². The molecular weight excluding hydrogens is 266 g/mol. The minimum atomic E-state index is -1.08. The molecule has 0 aromatic heterocycles. The van der Waals surface area contributed by atoms with Crippen LogP contribution in [0.1, 0.15) is 0 Å². The summed E-state index contributed by atoms with van der Waals surface area (Å²) in [6, 6.07) is 13.0. The molecule has 5 heteroatoms. The molecule has 19 heavy (non-hydrogen) atoms. The molecule has 0 unspecified atom stereocenters. The van der Waals surface area contributed by atoms with E-state index in [1.165, 1.54) is 4.90 Å². The lowest BCUT2D eigenvalue weighted by atomic mass is 10.1. The average Bonchev–Trinajstić information content (AvgIpc) is 2.43. The number of hydrogen-bond acceptors (Lipinski definition) is 2. The molecule has 0 spiro atoms. The van der Waals surface area contributed by atoms with Crippen molar-refractivity contribution in [3.63, 3.8) is 0 Å². The number of carbonyl (C=O) groups is 2. The highest BCUT2D eigenvalue weighted by molar-refractivity contribution is 6.29. The number of carbonyl (C=O) groups excluding carboxylic acids is 1. The van der Waals surface area contributed by atoms with Crippen molar-refractivity contribution in [3.05, 3.63) is 42.5 Å². The Morgan fingerprint density at radius 2 is 1.79 bits per heavy atom. The van der Waals surface area contributed by atoms with Crippen molar-refractivity contribution < 1.29 is 14.7 Å². The predicted octanol–water partition coefficient (Wildman–Crippen LogP) is 2.50. The van der Waals surface area contributed by atoms with Gasteiger partial charge >= 0.3 is 5.97 Å². The summed E-state index contributed by atoms with van der Waals surface area (Å²) in [5.74, 6) is -1.76. The standard InChI is InChI=1S/C14H12ClNO3/c15-8-13(17)16(9-14(18)19)12-6-5-10-3-1-2-4-11(10)7-12/h1-7H,8-9H2,(H,18,19). The fourth-order valence-electron chi connectivity index (χ4n) is 1.88. The molecule has 1 amide bonds. The molecule has 1 N–H and O–H groups in total. The lowest BCUT2D eigenvalue weighted by molar-refractivity contribution is -0.136. The van der Waals surface area contributed by atoms with Gasteiger partial charge in [0.1, 0.15) is 12.4 Å². The van der Waals surface area contributed by atoms with Crippen LogP contribution in [0.15, 0.2) is 42.5 Å². The molecule has 0 fully saturated rings. The predicted molar refractivity (Wildman–Crippen MR) is 74.7 cm³/mol. The van der Waals surface area contributed by atoms with Gasteiger partial charge in [0, 0.05) is 5.69 Å². The van der Waals surface area contributed by atoms with Crippen molar-refractivity contribution >= 4 is 39.9 Å². The van der Waals surface area contributed by atoms with E-state index in [1.807, 2.05) is 30.3 Å². The summed E-state index contributed by atoms with van der Waals surface area (Å²) in [6.45, 7) is -0.399. The topological polar surface area (TPSA) is 57.6 Å². The van der Waals surface area contributed by atoms with Gasteiger partial charge < -0.3 is 10.0 Å². The normalized spacial score (nSPS) is 10.4. The molecule has 0 aliphatic rings. The number of nitrogens with zero attached hydrogens (tertiary/aromatic N) is 1. The van der Waals surface area contributed by atoms with Crippen LogP contribution in [0.4, 0.5) is 5.69 Å². The van der Waals surface area contributed by atoms with Gasteiger partial charge in [0.05, 0.1) is 0 Å². The molecule has 0 heterocycles. The van der Waals surface area contributed by atoms with Gasteiger partial charge in [-0.05, 0) is 22.9 Å². The van der Waals surface area contributed by atoms with Crippen LogP contribution in [0.3, 0.4) is 0 Å². The number of carboxylic acid groups (broad SMARTS) is 1. The lowest BCUT2D eigenvalue weighted by Gasteiger charge is -2.20. The summed E-state index contributed by atoms with van der Waals surface area (Å²) in [5.41, 5.74) is 0.534. The number of fused-ring (bicyclic) bond motifs is 1. The van der Waals surface area contributed by atoms with Crippen LogP contribution in [0.5, 0.6) is 0 Å². The monoisotopic (exact) mass is 277 g/mol. The maximum absolute atomic E-state index is 11.7. The molecular formula is C14H12ClNO3. The van der Waals surface area contributed by atoms with Crippen LogP contribution < -0.4 is 4.90 Å². The second kappa shape index (κ2) is 5.71. The van der Waals surface area contributed by atoms with Crippen LogP contribution in [-0.2, 0) is 9.59 Å². The van der Waals surface area contributed by atoms with E-state index < -0.39 is 18.4 Å². The van der Waals surface area contributed by atoms with Crippen LogP contribution in [0.2, 0.25) is 0 Å². The molecule has 0 aliphatic heterocycles. The third kappa shape index (κ3) is 3.03. The molecule has 0 saturated carbocycles. The number of rotatable bonds is 4. The molecule has 0 atom stereocenters. The number of benzene rings is 2. The first-order valence-electron chi connectivity index (χ1n) is 5.69. The molecule has 2 aromatic rings. The van der Waals surface area contributed by atoms with Gasteiger partial charge in [-0.3, -0.25) is 9.59 Å². The first kappa shape index (κ1) is 13.4. The van der Waals surface area contributed by atoms with Crippen LogP contribution in [-0.4, -0.2) is 29.4 Å². The van der Waals surface area contributed by atoms with Gasteiger partial charge in [0.2, 0.25) is 5.91 Å². The Balaban J connectivity index is 2.43. The van der Waals surface area contributed by atoms with E-state index in [-0.39, 0.29) is 5.88 Å². The molecule has 4 nitrogen and oxygen atoms in total. The second-order valence-electron chi connectivity index (χ2n) is 4.04. The Hall–Kier alpha value is -2.07. The Bertz CT molecular complexity index is 627. The second-order valence-corrected chi connectivity index (χ2v) is 4.31. The first-order chi connectivity index (χ1) is 9.11. The van der Waals surface area contributed by atoms with Gasteiger partial charge in [-0.25, -0.2) is 0 Å². The molecule has 0 bridgehead atoms. The Labute approximate surface area is 115 Å². The summed E-state index contributed by atoms with van der Waals surface area (Å²) < 4.78 is 0. The number of halogens is 1. The van der Waals surface area contributed by atoms with Gasteiger partial charge in [-0.2, -0.15) is 0 Å². The Kier molecular flexibility index (Phi) is 4.02. The number of anilines is 1. The largest absolute Gasteiger partial charge is 0.480 e. The van der Waals surface area contributed by atoms with Crippen molar-refractivity contribution in [3.8, 4) is 0 Å². The zero-order valence-corrected chi connectivity index (χ0v) is 10.8. The van der Waals surface area contributed by atoms with Crippen molar-refractivity contribution in [2.75, 3.05) is 17.3 Å². The maximum atomic E-state index is 11.7. The third-order valence-electron chi connectivity index (χ3n) is 2.75. The average molecular weight is 278 g/mol. The van der Waals surface area contributed by atoms with Gasteiger partial charge in [-0.1, -0.05) is 30.3 Å². The summed E-state index contributed by atoms with van der Waals surface area (Å²) in [7, 11) is 0. The van der Waals surface area contributed by atoms with Gasteiger partial charge in [0.15, 0.2) is 0 Å². The number of alkyl halides is 1. The van der Waals surface area contributed by atoms with E-state index in [9.17, 15) is 9.59 Å². The minimum absolute atomic E-state index is 0.250. The summed E-state index contributed by atoms with van der Waals surface area (Å²) >= 11 is 5.51. The van der Waals surface area contributed by atoms with Crippen LogP contribution >= 0.6 is 11.6 Å². The highest BCUT2D eigenvalue weighted by Crippen LogP contribution is 2.22. The van der Waals surface area contributed by atoms with Crippen molar-refractivity contribution in [2.24, 2.45) is 0 Å². The molecule has 0 radical (unpaired) electrons. The zero-order valence-electron chi connectivity index (χ0n) is 10.0. The molecule has 0 saturated heterocycles. The minimum Gasteiger partial charge on any atom is -0.480 e. The van der Waals surface area contributed by atoms with Crippen molar-refractivity contribution in [1.82, 2.24) is 0 Å². The fourth-order valence-corrected chi connectivity index (χ4v) is 2.02. The lowest BCUT2D eigenvalue weighted by Crippen LogP contribution is -2.36. The molecule has 2 aromatic carbocycles. The highest BCUT2D eigenvalue weighted by Gasteiger charge is 2.17. The molecule has 98 valence electrons. The number of amides is 1. The smallest absolute Gasteiger partial charge is 0.323 e. The van der Waals surface area contributed by atoms with E-state index in [0.717, 1.165) is 10.8 Å². The van der Waals surface area contributed by atoms with Crippen molar-refractivity contribution in [2.45, 2.75) is 0 Å². The van der Waals surface area contributed by atoms with Crippen LogP contribution in [0, 0.1) is 0 Å². The number of carboxylic acids is 1. The summed E-state index contributed by atoms with van der Waals surface area (Å²) in [5, 5.41) is 10.8. The molecule has 0 aliphatic carbocycles. The van der Waals surface area contributed by atoms with E-state index >= 15 is 0 Å². The maximum Gasteiger partial charge on any atom is 0.323 e. The van der Waals surface area contributed by atoms with Gasteiger partial charge in [-0.15, -0.1) is 11.6 Å². The summed E-state index contributed by atoms with van der Waals surface area (Å²) in [4.78, 5) is 23.7. The van der Waals surface area contributed by atoms with E-state index in [0.29, 0.717) is 5.69 Å². The van der Waals surface area contributed by atoms with Crippen LogP contribution in [0.25, 0.3) is 10.8 Å². The Morgan fingerprint density at radius 3 is 2.42 bits per heavy atom. The Morgan fingerprint density at radius 1 is 1.11 bits per heavy atom. The number of aliphatic carboxylic acids is 1.